The van der Waals surface area contributed by atoms with Crippen LogP contribution < -0.4 is 0 Å². The molecule has 0 saturated heterocycles. The number of rotatable bonds is 2. The Morgan fingerprint density at radius 1 is 1.00 bits per heavy atom. The molecular weight excluding hydrogens is 285 g/mol. The number of benzene rings is 1. The van der Waals surface area contributed by atoms with Gasteiger partial charge in [0.05, 0.1) is 5.02 Å². The first-order chi connectivity index (χ1) is 9.19. The first kappa shape index (κ1) is 12.1. The molecule has 0 aliphatic rings. The number of nitrogens with zero attached hydrogens (tertiary/aromatic N) is 3. The maximum absolute atomic E-state index is 11.1. The third-order valence-electron chi connectivity index (χ3n) is 2.76. The van der Waals surface area contributed by atoms with Gasteiger partial charge in [-0.3, -0.25) is 4.40 Å². The van der Waals surface area contributed by atoms with Crippen molar-refractivity contribution >= 4 is 34.7 Å². The largest absolute Gasteiger partial charge is 0.280 e. The second-order valence-electron chi connectivity index (χ2n) is 3.96. The number of halogens is 2. The minimum absolute atomic E-state index is 0.222. The number of aromatic nitrogens is 2. The van der Waals surface area contributed by atoms with Crippen LogP contribution in [-0.2, 0) is 0 Å². The molecule has 94 valence electrons. The topological polar surface area (TPSA) is 46.7 Å². The van der Waals surface area contributed by atoms with Gasteiger partial charge in [-0.05, 0) is 29.4 Å². The third-order valence-corrected chi connectivity index (χ3v) is 3.24. The van der Waals surface area contributed by atoms with Gasteiger partial charge in [-0.1, -0.05) is 35.3 Å². The summed E-state index contributed by atoms with van der Waals surface area (Å²) in [5, 5.41) is 4.19. The highest BCUT2D eigenvalue weighted by molar-refractivity contribution is 6.30. The smallest absolute Gasteiger partial charge is 0.209 e. The number of fused-ring (bicyclic) bond motifs is 1. The van der Waals surface area contributed by atoms with Gasteiger partial charge in [0.25, 0.3) is 0 Å². The predicted molar refractivity (Wildman–Crippen MR) is 76.1 cm³/mol. The molecule has 0 atom stereocenters. The molecule has 0 N–H and O–H groups in total. The standard InChI is InChI=1S/C13H7Cl2N3O/c14-9-3-1-8(2-4-9)12-13(17-19)18-7-10(15)5-6-11(18)16-12/h1-7H. The maximum Gasteiger partial charge on any atom is 0.209 e. The summed E-state index contributed by atoms with van der Waals surface area (Å²) in [6.45, 7) is 0. The first-order valence-corrected chi connectivity index (χ1v) is 6.21. The summed E-state index contributed by atoms with van der Waals surface area (Å²) < 4.78 is 1.57. The van der Waals surface area contributed by atoms with Crippen LogP contribution in [0, 0.1) is 4.91 Å². The Bertz CT molecular complexity index is 765. The Hall–Kier alpha value is -1.91. The van der Waals surface area contributed by atoms with Crippen molar-refractivity contribution in [3.8, 4) is 11.3 Å². The average molecular weight is 292 g/mol. The molecule has 4 nitrogen and oxygen atoms in total. The first-order valence-electron chi connectivity index (χ1n) is 5.46. The average Bonchev–Trinajstić information content (AvgIpc) is 2.77. The van der Waals surface area contributed by atoms with Gasteiger partial charge >= 0.3 is 0 Å². The van der Waals surface area contributed by atoms with Gasteiger partial charge in [-0.15, -0.1) is 4.91 Å². The van der Waals surface area contributed by atoms with Gasteiger partial charge in [0, 0.05) is 16.8 Å². The van der Waals surface area contributed by atoms with Crippen molar-refractivity contribution in [1.29, 1.82) is 0 Å². The van der Waals surface area contributed by atoms with Gasteiger partial charge < -0.3 is 0 Å². The molecule has 0 saturated carbocycles. The fraction of sp³-hybridized carbons (Fsp3) is 0. The lowest BCUT2D eigenvalue weighted by molar-refractivity contribution is 1.16. The minimum Gasteiger partial charge on any atom is -0.280 e. The molecule has 2 aromatic heterocycles. The van der Waals surface area contributed by atoms with E-state index in [-0.39, 0.29) is 5.82 Å². The summed E-state index contributed by atoms with van der Waals surface area (Å²) in [7, 11) is 0. The number of imidazole rings is 1. The summed E-state index contributed by atoms with van der Waals surface area (Å²) in [5.41, 5.74) is 1.90. The second kappa shape index (κ2) is 4.64. The van der Waals surface area contributed by atoms with Crippen molar-refractivity contribution in [3.63, 3.8) is 0 Å². The molecule has 3 aromatic rings. The van der Waals surface area contributed by atoms with Gasteiger partial charge in [0.15, 0.2) is 0 Å². The fourth-order valence-corrected chi connectivity index (χ4v) is 2.18. The summed E-state index contributed by atoms with van der Waals surface area (Å²) >= 11 is 11.8. The number of pyridine rings is 1. The molecular formula is C13H7Cl2N3O. The number of hydrogen-bond acceptors (Lipinski definition) is 3. The lowest BCUT2D eigenvalue weighted by Gasteiger charge is -1.98. The predicted octanol–water partition coefficient (Wildman–Crippen LogP) is 4.71. The van der Waals surface area contributed by atoms with E-state index in [1.807, 2.05) is 0 Å². The summed E-state index contributed by atoms with van der Waals surface area (Å²) in [5.74, 6) is 0.222. The summed E-state index contributed by atoms with van der Waals surface area (Å²) in [4.78, 5) is 15.5. The highest BCUT2D eigenvalue weighted by atomic mass is 35.5. The van der Waals surface area contributed by atoms with E-state index in [2.05, 4.69) is 10.2 Å². The van der Waals surface area contributed by atoms with Crippen molar-refractivity contribution in [2.24, 2.45) is 5.18 Å². The Balaban J connectivity index is 2.28. The lowest BCUT2D eigenvalue weighted by atomic mass is 10.1. The summed E-state index contributed by atoms with van der Waals surface area (Å²) in [6, 6.07) is 10.5. The summed E-state index contributed by atoms with van der Waals surface area (Å²) in [6.07, 6.45) is 1.61. The van der Waals surface area contributed by atoms with E-state index in [1.54, 1.807) is 47.0 Å². The Morgan fingerprint density at radius 2 is 1.68 bits per heavy atom. The highest BCUT2D eigenvalue weighted by Gasteiger charge is 2.14. The molecule has 3 rings (SSSR count). The molecule has 0 fully saturated rings. The maximum atomic E-state index is 11.1. The SMILES string of the molecule is O=Nc1c(-c2ccc(Cl)cc2)nc2ccc(Cl)cn12. The minimum atomic E-state index is 0.222. The normalized spacial score (nSPS) is 10.8. The zero-order chi connectivity index (χ0) is 13.4. The van der Waals surface area contributed by atoms with E-state index >= 15 is 0 Å². The van der Waals surface area contributed by atoms with Crippen LogP contribution >= 0.6 is 23.2 Å². The van der Waals surface area contributed by atoms with E-state index in [1.165, 1.54) is 0 Å². The molecule has 0 unspecified atom stereocenters. The molecule has 0 aliphatic carbocycles. The molecule has 6 heteroatoms. The molecule has 0 amide bonds. The number of nitroso groups, excluding NO2 is 1. The Labute approximate surface area is 118 Å². The Morgan fingerprint density at radius 3 is 2.37 bits per heavy atom. The molecule has 0 spiro atoms. The van der Waals surface area contributed by atoms with Gasteiger partial charge in [0.2, 0.25) is 5.82 Å². The van der Waals surface area contributed by atoms with E-state index in [0.29, 0.717) is 21.4 Å². The molecule has 2 heterocycles. The lowest BCUT2D eigenvalue weighted by Crippen LogP contribution is -1.82. The molecule has 0 radical (unpaired) electrons. The van der Waals surface area contributed by atoms with Crippen LogP contribution in [0.25, 0.3) is 16.9 Å². The third kappa shape index (κ3) is 2.09. The van der Waals surface area contributed by atoms with Crippen molar-refractivity contribution in [1.82, 2.24) is 9.38 Å². The van der Waals surface area contributed by atoms with Crippen molar-refractivity contribution in [2.45, 2.75) is 0 Å². The van der Waals surface area contributed by atoms with Crippen LogP contribution in [-0.4, -0.2) is 9.38 Å². The van der Waals surface area contributed by atoms with Crippen LogP contribution in [0.5, 0.6) is 0 Å². The van der Waals surface area contributed by atoms with E-state index in [0.717, 1.165) is 5.56 Å². The molecule has 1 aromatic carbocycles. The van der Waals surface area contributed by atoms with Gasteiger partial charge in [-0.25, -0.2) is 4.98 Å². The number of hydrogen-bond donors (Lipinski definition) is 0. The molecule has 0 bridgehead atoms. The monoisotopic (exact) mass is 291 g/mol. The van der Waals surface area contributed by atoms with Crippen LogP contribution in [0.4, 0.5) is 5.82 Å². The quantitative estimate of drug-likeness (QED) is 0.642. The molecule has 19 heavy (non-hydrogen) atoms. The van der Waals surface area contributed by atoms with Gasteiger partial charge in [0.1, 0.15) is 11.3 Å². The van der Waals surface area contributed by atoms with Crippen LogP contribution in [0.2, 0.25) is 10.0 Å². The van der Waals surface area contributed by atoms with E-state index in [4.69, 9.17) is 23.2 Å². The van der Waals surface area contributed by atoms with Crippen LogP contribution in [0.1, 0.15) is 0 Å². The van der Waals surface area contributed by atoms with E-state index < -0.39 is 0 Å². The zero-order valence-corrected chi connectivity index (χ0v) is 11.1. The second-order valence-corrected chi connectivity index (χ2v) is 4.83. The molecule has 0 aliphatic heterocycles. The van der Waals surface area contributed by atoms with Gasteiger partial charge in [-0.2, -0.15) is 0 Å². The van der Waals surface area contributed by atoms with Crippen LogP contribution in [0.3, 0.4) is 0 Å². The fourth-order valence-electron chi connectivity index (χ4n) is 1.89. The Kier molecular flexibility index (Phi) is 2.97. The van der Waals surface area contributed by atoms with Crippen molar-refractivity contribution in [2.75, 3.05) is 0 Å². The van der Waals surface area contributed by atoms with Crippen LogP contribution in [0.15, 0.2) is 47.8 Å². The van der Waals surface area contributed by atoms with E-state index in [9.17, 15) is 4.91 Å². The van der Waals surface area contributed by atoms with Crippen molar-refractivity contribution in [3.05, 3.63) is 57.5 Å². The highest BCUT2D eigenvalue weighted by Crippen LogP contribution is 2.32. The van der Waals surface area contributed by atoms with Crippen molar-refractivity contribution < 1.29 is 0 Å². The zero-order valence-electron chi connectivity index (χ0n) is 9.55.